The third kappa shape index (κ3) is 3.63. The topological polar surface area (TPSA) is 54.1 Å². The second-order valence-electron chi connectivity index (χ2n) is 5.65. The van der Waals surface area contributed by atoms with Crippen LogP contribution in [0.1, 0.15) is 11.1 Å². The molecule has 0 aliphatic rings. The molecule has 1 aromatic heterocycles. The Morgan fingerprint density at radius 3 is 2.71 bits per heavy atom. The molecule has 1 heterocycles. The van der Waals surface area contributed by atoms with Crippen molar-refractivity contribution < 1.29 is 13.9 Å². The van der Waals surface area contributed by atoms with E-state index in [1.54, 1.807) is 12.1 Å². The van der Waals surface area contributed by atoms with Crippen molar-refractivity contribution in [2.75, 3.05) is 7.11 Å². The monoisotopic (exact) mass is 326 g/mol. The second kappa shape index (κ2) is 7.27. The summed E-state index contributed by atoms with van der Waals surface area (Å²) in [5.41, 5.74) is 2.99. The van der Waals surface area contributed by atoms with Crippen LogP contribution in [0.2, 0.25) is 0 Å². The van der Waals surface area contributed by atoms with Crippen LogP contribution >= 0.6 is 0 Å². The number of nitrogens with one attached hydrogen (secondary N) is 2. The van der Waals surface area contributed by atoms with Crippen molar-refractivity contribution in [1.29, 1.82) is 0 Å². The smallest absolute Gasteiger partial charge is 0.323 e. The molecule has 0 unspecified atom stereocenters. The predicted molar refractivity (Wildman–Crippen MR) is 91.0 cm³/mol. The number of carbonyl (C=O) groups excluding carboxylic acids is 1. The Labute approximate surface area is 139 Å². The van der Waals surface area contributed by atoms with Crippen LogP contribution in [-0.4, -0.2) is 24.1 Å². The zero-order valence-electron chi connectivity index (χ0n) is 13.4. The molecular weight excluding hydrogens is 307 g/mol. The van der Waals surface area contributed by atoms with Gasteiger partial charge in [-0.05, 0) is 29.3 Å². The van der Waals surface area contributed by atoms with Crippen molar-refractivity contribution in [3.63, 3.8) is 0 Å². The van der Waals surface area contributed by atoms with Crippen LogP contribution in [0.4, 0.5) is 4.39 Å². The van der Waals surface area contributed by atoms with Gasteiger partial charge in [0, 0.05) is 30.1 Å². The van der Waals surface area contributed by atoms with E-state index in [0.29, 0.717) is 13.0 Å². The summed E-state index contributed by atoms with van der Waals surface area (Å²) in [6.45, 7) is 0.461. The Kier molecular flexibility index (Phi) is 4.91. The van der Waals surface area contributed by atoms with Crippen molar-refractivity contribution in [3.05, 3.63) is 71.7 Å². The second-order valence-corrected chi connectivity index (χ2v) is 5.65. The van der Waals surface area contributed by atoms with Crippen LogP contribution in [0.15, 0.2) is 54.7 Å². The molecule has 0 aliphatic heterocycles. The molecule has 0 saturated carbocycles. The molecule has 4 nitrogen and oxygen atoms in total. The maximum Gasteiger partial charge on any atom is 0.323 e. The van der Waals surface area contributed by atoms with Gasteiger partial charge in [-0.25, -0.2) is 4.39 Å². The van der Waals surface area contributed by atoms with E-state index in [-0.39, 0.29) is 11.8 Å². The van der Waals surface area contributed by atoms with Gasteiger partial charge in [0.2, 0.25) is 0 Å². The van der Waals surface area contributed by atoms with Crippen LogP contribution in [-0.2, 0) is 22.5 Å². The standard InChI is InChI=1S/C19H19FN2O2/c1-24-19(23)18(21-11-13-6-8-15(20)9-7-13)10-14-12-22-17-5-3-2-4-16(14)17/h2-9,12,18,21-22H,10-11H2,1H3/t18-/m0/s1. The van der Waals surface area contributed by atoms with Crippen LogP contribution in [0.3, 0.4) is 0 Å². The molecule has 124 valence electrons. The van der Waals surface area contributed by atoms with Gasteiger partial charge in [-0.2, -0.15) is 0 Å². The highest BCUT2D eigenvalue weighted by Gasteiger charge is 2.20. The number of carbonyl (C=O) groups is 1. The Morgan fingerprint density at radius 1 is 1.21 bits per heavy atom. The average molecular weight is 326 g/mol. The minimum absolute atomic E-state index is 0.276. The molecule has 0 amide bonds. The first-order chi connectivity index (χ1) is 11.7. The Hall–Kier alpha value is -2.66. The Bertz CT molecular complexity index is 827. The van der Waals surface area contributed by atoms with Gasteiger partial charge < -0.3 is 15.0 Å². The van der Waals surface area contributed by atoms with E-state index in [4.69, 9.17) is 4.74 Å². The maximum atomic E-state index is 13.0. The molecule has 2 N–H and O–H groups in total. The number of aromatic nitrogens is 1. The molecule has 0 radical (unpaired) electrons. The highest BCUT2D eigenvalue weighted by molar-refractivity contribution is 5.84. The first-order valence-electron chi connectivity index (χ1n) is 7.78. The van der Waals surface area contributed by atoms with Crippen LogP contribution in [0.25, 0.3) is 10.9 Å². The summed E-state index contributed by atoms with van der Waals surface area (Å²) >= 11 is 0. The first kappa shape index (κ1) is 16.2. The number of para-hydroxylation sites is 1. The number of H-pyrrole nitrogens is 1. The number of hydrogen-bond donors (Lipinski definition) is 2. The number of hydrogen-bond acceptors (Lipinski definition) is 3. The zero-order chi connectivity index (χ0) is 16.9. The number of halogens is 1. The lowest BCUT2D eigenvalue weighted by Gasteiger charge is -2.16. The Balaban J connectivity index is 1.74. The van der Waals surface area contributed by atoms with Gasteiger partial charge >= 0.3 is 5.97 Å². The van der Waals surface area contributed by atoms with E-state index in [2.05, 4.69) is 10.3 Å². The molecule has 2 aromatic carbocycles. The molecule has 1 atom stereocenters. The predicted octanol–water partition coefficient (Wildman–Crippen LogP) is 3.18. The third-order valence-corrected chi connectivity index (χ3v) is 4.05. The highest BCUT2D eigenvalue weighted by atomic mass is 19.1. The molecule has 0 saturated heterocycles. The first-order valence-corrected chi connectivity index (χ1v) is 7.78. The van der Waals surface area contributed by atoms with Crippen LogP contribution in [0, 0.1) is 5.82 Å². The summed E-state index contributed by atoms with van der Waals surface area (Å²) in [4.78, 5) is 15.3. The van der Waals surface area contributed by atoms with Crippen molar-refractivity contribution in [3.8, 4) is 0 Å². The molecule has 0 fully saturated rings. The van der Waals surface area contributed by atoms with E-state index < -0.39 is 6.04 Å². The number of rotatable bonds is 6. The summed E-state index contributed by atoms with van der Waals surface area (Å²) in [7, 11) is 1.38. The van der Waals surface area contributed by atoms with E-state index in [0.717, 1.165) is 22.0 Å². The van der Waals surface area contributed by atoms with Crippen LogP contribution < -0.4 is 5.32 Å². The zero-order valence-corrected chi connectivity index (χ0v) is 13.4. The van der Waals surface area contributed by atoms with Gasteiger partial charge in [0.25, 0.3) is 0 Å². The van der Waals surface area contributed by atoms with E-state index in [1.807, 2.05) is 30.5 Å². The molecular formula is C19H19FN2O2. The fraction of sp³-hybridized carbons (Fsp3) is 0.211. The van der Waals surface area contributed by atoms with Gasteiger partial charge in [0.05, 0.1) is 7.11 Å². The summed E-state index contributed by atoms with van der Waals surface area (Å²) < 4.78 is 17.9. The lowest BCUT2D eigenvalue weighted by atomic mass is 10.0. The van der Waals surface area contributed by atoms with Crippen molar-refractivity contribution in [1.82, 2.24) is 10.3 Å². The fourth-order valence-electron chi connectivity index (χ4n) is 2.74. The van der Waals surface area contributed by atoms with Gasteiger partial charge in [0.15, 0.2) is 0 Å². The van der Waals surface area contributed by atoms with E-state index in [9.17, 15) is 9.18 Å². The Morgan fingerprint density at radius 2 is 1.96 bits per heavy atom. The summed E-state index contributed by atoms with van der Waals surface area (Å²) in [5.74, 6) is -0.593. The lowest BCUT2D eigenvalue weighted by molar-refractivity contribution is -0.143. The number of fused-ring (bicyclic) bond motifs is 1. The highest BCUT2D eigenvalue weighted by Crippen LogP contribution is 2.19. The van der Waals surface area contributed by atoms with E-state index in [1.165, 1.54) is 19.2 Å². The van der Waals surface area contributed by atoms with Crippen molar-refractivity contribution in [2.45, 2.75) is 19.0 Å². The summed E-state index contributed by atoms with van der Waals surface area (Å²) in [6.07, 6.45) is 2.43. The molecule has 0 aliphatic carbocycles. The van der Waals surface area contributed by atoms with Gasteiger partial charge in [-0.1, -0.05) is 30.3 Å². The van der Waals surface area contributed by atoms with Crippen LogP contribution in [0.5, 0.6) is 0 Å². The van der Waals surface area contributed by atoms with Crippen molar-refractivity contribution in [2.24, 2.45) is 0 Å². The maximum absolute atomic E-state index is 13.0. The number of methoxy groups -OCH3 is 1. The van der Waals surface area contributed by atoms with Gasteiger partial charge in [0.1, 0.15) is 11.9 Å². The summed E-state index contributed by atoms with van der Waals surface area (Å²) in [6, 6.07) is 13.7. The minimum Gasteiger partial charge on any atom is -0.468 e. The quantitative estimate of drug-likeness (QED) is 0.684. The number of esters is 1. The molecule has 24 heavy (non-hydrogen) atoms. The number of benzene rings is 2. The lowest BCUT2D eigenvalue weighted by Crippen LogP contribution is -2.39. The van der Waals surface area contributed by atoms with Gasteiger partial charge in [-0.15, -0.1) is 0 Å². The molecule has 3 rings (SSSR count). The molecule has 3 aromatic rings. The fourth-order valence-corrected chi connectivity index (χ4v) is 2.74. The SMILES string of the molecule is COC(=O)[C@H](Cc1c[nH]c2ccccc12)NCc1ccc(F)cc1. The normalized spacial score (nSPS) is 12.2. The summed E-state index contributed by atoms with van der Waals surface area (Å²) in [5, 5.41) is 4.29. The molecule has 0 spiro atoms. The largest absolute Gasteiger partial charge is 0.468 e. The minimum atomic E-state index is -0.473. The molecule has 5 heteroatoms. The molecule has 0 bridgehead atoms. The van der Waals surface area contributed by atoms with Crippen molar-refractivity contribution >= 4 is 16.9 Å². The third-order valence-electron chi connectivity index (χ3n) is 4.05. The number of ether oxygens (including phenoxy) is 1. The van der Waals surface area contributed by atoms with E-state index >= 15 is 0 Å². The van der Waals surface area contributed by atoms with Gasteiger partial charge in [-0.3, -0.25) is 4.79 Å². The average Bonchev–Trinajstić information content (AvgIpc) is 3.02. The number of aromatic amines is 1.